The summed E-state index contributed by atoms with van der Waals surface area (Å²) in [6, 6.07) is 11.0. The molecule has 0 spiro atoms. The second kappa shape index (κ2) is 9.00. The van der Waals surface area contributed by atoms with Crippen molar-refractivity contribution in [3.8, 4) is 11.3 Å². The maximum absolute atomic E-state index is 13.5. The van der Waals surface area contributed by atoms with E-state index in [1.165, 1.54) is 4.31 Å². The van der Waals surface area contributed by atoms with Crippen LogP contribution in [0.5, 0.6) is 0 Å². The summed E-state index contributed by atoms with van der Waals surface area (Å²) in [5.74, 6) is 0.554. The zero-order chi connectivity index (χ0) is 20.1. The number of benzene rings is 1. The quantitative estimate of drug-likeness (QED) is 0.484. The molecule has 0 N–H and O–H groups in total. The molecule has 0 aliphatic rings. The average Bonchev–Trinajstić information content (AvgIpc) is 3.33. The van der Waals surface area contributed by atoms with Crippen molar-refractivity contribution in [2.45, 2.75) is 31.7 Å². The Labute approximate surface area is 169 Å². The van der Waals surface area contributed by atoms with E-state index in [-0.39, 0.29) is 4.90 Å². The van der Waals surface area contributed by atoms with Gasteiger partial charge in [-0.25, -0.2) is 8.42 Å². The van der Waals surface area contributed by atoms with Crippen molar-refractivity contribution in [3.05, 3.63) is 57.9 Å². The zero-order valence-corrected chi connectivity index (χ0v) is 17.8. The molecule has 6 nitrogen and oxygen atoms in total. The van der Waals surface area contributed by atoms with Crippen LogP contribution in [0.2, 0.25) is 0 Å². The highest BCUT2D eigenvalue weighted by Crippen LogP contribution is 2.29. The molecule has 3 aromatic rings. The molecule has 2 heterocycles. The highest BCUT2D eigenvalue weighted by atomic mass is 32.2. The number of methoxy groups -OCH3 is 1. The van der Waals surface area contributed by atoms with Crippen LogP contribution in [-0.2, 0) is 21.3 Å². The molecular formula is C20H24N2O4S2. The average molecular weight is 421 g/mol. The summed E-state index contributed by atoms with van der Waals surface area (Å²) in [5, 5.41) is 5.85. The van der Waals surface area contributed by atoms with Crippen LogP contribution >= 0.6 is 11.3 Å². The van der Waals surface area contributed by atoms with Gasteiger partial charge in [-0.3, -0.25) is 0 Å². The Balaban J connectivity index is 1.97. The Bertz CT molecular complexity index is 1010. The Morgan fingerprint density at radius 1 is 1.21 bits per heavy atom. The molecule has 3 rings (SSSR count). The SMILES string of the molecule is COCCCN(Cc1cccs1)S(=O)(=O)c1cc(-c2cc(C)no2)ccc1C. The first kappa shape index (κ1) is 20.7. The predicted octanol–water partition coefficient (Wildman–Crippen LogP) is 4.25. The number of nitrogens with zero attached hydrogens (tertiary/aromatic N) is 2. The van der Waals surface area contributed by atoms with Gasteiger partial charge < -0.3 is 9.26 Å². The summed E-state index contributed by atoms with van der Waals surface area (Å²) in [6.45, 7) is 4.87. The second-order valence-electron chi connectivity index (χ2n) is 6.58. The molecule has 150 valence electrons. The van der Waals surface area contributed by atoms with Gasteiger partial charge in [-0.2, -0.15) is 4.31 Å². The number of sulfonamides is 1. The highest BCUT2D eigenvalue weighted by molar-refractivity contribution is 7.89. The van der Waals surface area contributed by atoms with Crippen molar-refractivity contribution in [1.82, 2.24) is 9.46 Å². The second-order valence-corrected chi connectivity index (χ2v) is 9.52. The summed E-state index contributed by atoms with van der Waals surface area (Å²) in [5.41, 5.74) is 2.14. The molecule has 0 aliphatic carbocycles. The number of aryl methyl sites for hydroxylation is 2. The van der Waals surface area contributed by atoms with E-state index in [0.717, 1.165) is 10.6 Å². The molecule has 0 radical (unpaired) electrons. The van der Waals surface area contributed by atoms with Gasteiger partial charge in [0.05, 0.1) is 10.6 Å². The van der Waals surface area contributed by atoms with Gasteiger partial charge in [0, 0.05) is 43.3 Å². The van der Waals surface area contributed by atoms with Crippen molar-refractivity contribution < 1.29 is 17.7 Å². The van der Waals surface area contributed by atoms with Crippen molar-refractivity contribution in [1.29, 1.82) is 0 Å². The summed E-state index contributed by atoms with van der Waals surface area (Å²) in [7, 11) is -2.07. The summed E-state index contributed by atoms with van der Waals surface area (Å²) in [6.07, 6.45) is 0.626. The smallest absolute Gasteiger partial charge is 0.243 e. The minimum absolute atomic E-state index is 0.285. The Morgan fingerprint density at radius 3 is 2.68 bits per heavy atom. The fourth-order valence-electron chi connectivity index (χ4n) is 2.92. The monoisotopic (exact) mass is 420 g/mol. The molecule has 0 bridgehead atoms. The Hall–Kier alpha value is -2.00. The van der Waals surface area contributed by atoms with Crippen molar-refractivity contribution in [3.63, 3.8) is 0 Å². The van der Waals surface area contributed by atoms with Crippen LogP contribution in [0.15, 0.2) is 51.2 Å². The molecule has 0 atom stereocenters. The van der Waals surface area contributed by atoms with Gasteiger partial charge in [-0.05, 0) is 43.3 Å². The van der Waals surface area contributed by atoms with Crippen LogP contribution in [0.3, 0.4) is 0 Å². The van der Waals surface area contributed by atoms with E-state index in [0.29, 0.717) is 43.0 Å². The summed E-state index contributed by atoms with van der Waals surface area (Å²) in [4.78, 5) is 1.29. The van der Waals surface area contributed by atoms with Crippen LogP contribution in [0.25, 0.3) is 11.3 Å². The van der Waals surface area contributed by atoms with Gasteiger partial charge in [0.1, 0.15) is 0 Å². The number of rotatable bonds is 9. The number of hydrogen-bond acceptors (Lipinski definition) is 6. The molecule has 0 unspecified atom stereocenters. The van der Waals surface area contributed by atoms with Crippen LogP contribution < -0.4 is 0 Å². The standard InChI is InChI=1S/C20H24N2O4S2/c1-15-7-8-17(19-12-16(2)21-26-19)13-20(15)28(23,24)22(9-5-10-25-3)14-18-6-4-11-27-18/h4,6-8,11-13H,5,9-10,14H2,1-3H3. The first-order valence-corrected chi connectivity index (χ1v) is 11.3. The van der Waals surface area contributed by atoms with E-state index in [4.69, 9.17) is 9.26 Å². The van der Waals surface area contributed by atoms with E-state index in [1.807, 2.05) is 30.5 Å². The first-order valence-electron chi connectivity index (χ1n) is 8.97. The summed E-state index contributed by atoms with van der Waals surface area (Å²) < 4.78 is 39.0. The molecule has 0 aliphatic heterocycles. The van der Waals surface area contributed by atoms with Gasteiger partial charge >= 0.3 is 0 Å². The van der Waals surface area contributed by atoms with Gasteiger partial charge in [0.25, 0.3) is 0 Å². The molecule has 28 heavy (non-hydrogen) atoms. The Morgan fingerprint density at radius 2 is 2.04 bits per heavy atom. The number of ether oxygens (including phenoxy) is 1. The van der Waals surface area contributed by atoms with Crippen LogP contribution in [0.1, 0.15) is 22.6 Å². The first-order chi connectivity index (χ1) is 13.4. The zero-order valence-electron chi connectivity index (χ0n) is 16.2. The van der Waals surface area contributed by atoms with Crippen LogP contribution in [0, 0.1) is 13.8 Å². The molecule has 0 saturated heterocycles. The minimum atomic E-state index is -3.69. The fourth-order valence-corrected chi connectivity index (χ4v) is 5.42. The normalized spacial score (nSPS) is 12.0. The lowest BCUT2D eigenvalue weighted by Gasteiger charge is -2.23. The Kier molecular flexibility index (Phi) is 6.66. The molecular weight excluding hydrogens is 396 g/mol. The lowest BCUT2D eigenvalue weighted by atomic mass is 10.1. The van der Waals surface area contributed by atoms with E-state index in [1.54, 1.807) is 43.6 Å². The third-order valence-corrected chi connectivity index (χ3v) is 7.24. The number of hydrogen-bond donors (Lipinski definition) is 0. The number of thiophene rings is 1. The highest BCUT2D eigenvalue weighted by Gasteiger charge is 2.27. The van der Waals surface area contributed by atoms with Gasteiger partial charge in [0.15, 0.2) is 5.76 Å². The van der Waals surface area contributed by atoms with E-state index in [2.05, 4.69) is 5.16 Å². The lowest BCUT2D eigenvalue weighted by Crippen LogP contribution is -2.32. The van der Waals surface area contributed by atoms with Crippen molar-refractivity contribution in [2.75, 3.05) is 20.3 Å². The van der Waals surface area contributed by atoms with Crippen LogP contribution in [0.4, 0.5) is 0 Å². The topological polar surface area (TPSA) is 72.6 Å². The fraction of sp³-hybridized carbons (Fsp3) is 0.350. The molecule has 0 amide bonds. The maximum Gasteiger partial charge on any atom is 0.243 e. The largest absolute Gasteiger partial charge is 0.385 e. The van der Waals surface area contributed by atoms with Crippen molar-refractivity contribution in [2.24, 2.45) is 0 Å². The molecule has 0 saturated carbocycles. The summed E-state index contributed by atoms with van der Waals surface area (Å²) >= 11 is 1.55. The maximum atomic E-state index is 13.5. The third-order valence-electron chi connectivity index (χ3n) is 4.39. The third kappa shape index (κ3) is 4.70. The lowest BCUT2D eigenvalue weighted by molar-refractivity contribution is 0.187. The van der Waals surface area contributed by atoms with Crippen LogP contribution in [-0.4, -0.2) is 38.1 Å². The molecule has 0 fully saturated rings. The molecule has 8 heteroatoms. The number of aromatic nitrogens is 1. The molecule has 1 aromatic carbocycles. The van der Waals surface area contributed by atoms with Gasteiger partial charge in [-0.1, -0.05) is 23.4 Å². The van der Waals surface area contributed by atoms with E-state index < -0.39 is 10.0 Å². The predicted molar refractivity (Wildman–Crippen MR) is 110 cm³/mol. The van der Waals surface area contributed by atoms with E-state index >= 15 is 0 Å². The van der Waals surface area contributed by atoms with Crippen molar-refractivity contribution >= 4 is 21.4 Å². The van der Waals surface area contributed by atoms with E-state index in [9.17, 15) is 8.42 Å². The van der Waals surface area contributed by atoms with Gasteiger partial charge in [-0.15, -0.1) is 11.3 Å². The minimum Gasteiger partial charge on any atom is -0.385 e. The molecule has 2 aromatic heterocycles. The van der Waals surface area contributed by atoms with Gasteiger partial charge in [0.2, 0.25) is 10.0 Å².